The third-order valence-corrected chi connectivity index (χ3v) is 5.61. The van der Waals surface area contributed by atoms with Crippen molar-refractivity contribution in [2.45, 2.75) is 26.1 Å². The molecular formula is C20H20Cl2F3N3O. The van der Waals surface area contributed by atoms with E-state index in [1.807, 2.05) is 12.1 Å². The van der Waals surface area contributed by atoms with Crippen LogP contribution < -0.4 is 0 Å². The van der Waals surface area contributed by atoms with Crippen molar-refractivity contribution in [3.8, 4) is 0 Å². The highest BCUT2D eigenvalue weighted by Gasteiger charge is 2.33. The van der Waals surface area contributed by atoms with Gasteiger partial charge >= 0.3 is 6.18 Å². The van der Waals surface area contributed by atoms with Gasteiger partial charge in [-0.25, -0.2) is 4.98 Å². The van der Waals surface area contributed by atoms with Crippen LogP contribution in [0.1, 0.15) is 33.7 Å². The minimum absolute atomic E-state index is 0.0849. The zero-order valence-electron chi connectivity index (χ0n) is 15.8. The number of aryl methyl sites for hydroxylation is 1. The van der Waals surface area contributed by atoms with Gasteiger partial charge < -0.3 is 4.90 Å². The van der Waals surface area contributed by atoms with E-state index in [0.29, 0.717) is 36.2 Å². The highest BCUT2D eigenvalue weighted by molar-refractivity contribution is 6.42. The molecule has 2 heterocycles. The Hall–Kier alpha value is -1.83. The third kappa shape index (κ3) is 5.41. The normalized spacial score (nSPS) is 16.0. The highest BCUT2D eigenvalue weighted by atomic mass is 35.5. The second kappa shape index (κ2) is 8.90. The Kier molecular flexibility index (Phi) is 6.71. The van der Waals surface area contributed by atoms with E-state index in [1.54, 1.807) is 11.0 Å². The van der Waals surface area contributed by atoms with Gasteiger partial charge in [0.1, 0.15) is 5.69 Å². The summed E-state index contributed by atoms with van der Waals surface area (Å²) in [5, 5.41) is 1.00. The Labute approximate surface area is 177 Å². The molecule has 0 bridgehead atoms. The summed E-state index contributed by atoms with van der Waals surface area (Å²) in [4.78, 5) is 20.3. The number of aromatic nitrogens is 1. The number of amides is 1. The van der Waals surface area contributed by atoms with E-state index in [0.717, 1.165) is 24.6 Å². The van der Waals surface area contributed by atoms with Crippen LogP contribution in [0.5, 0.6) is 0 Å². The Morgan fingerprint density at radius 1 is 1.07 bits per heavy atom. The fourth-order valence-corrected chi connectivity index (χ4v) is 3.66. The molecule has 29 heavy (non-hydrogen) atoms. The SMILES string of the molecule is Cc1nc(C(F)(F)F)ccc1C(=O)N1CCCN(Cc2ccc(Cl)c(Cl)c2)CC1. The molecule has 0 spiro atoms. The summed E-state index contributed by atoms with van der Waals surface area (Å²) < 4.78 is 38.4. The molecule has 0 atom stereocenters. The smallest absolute Gasteiger partial charge is 0.337 e. The van der Waals surface area contributed by atoms with Gasteiger partial charge in [0.2, 0.25) is 0 Å². The third-order valence-electron chi connectivity index (χ3n) is 4.87. The van der Waals surface area contributed by atoms with Crippen molar-refractivity contribution in [1.29, 1.82) is 0 Å². The Bertz CT molecular complexity index is 905. The van der Waals surface area contributed by atoms with Gasteiger partial charge in [0.05, 0.1) is 21.3 Å². The van der Waals surface area contributed by atoms with Crippen molar-refractivity contribution in [3.63, 3.8) is 0 Å². The molecular weight excluding hydrogens is 426 g/mol. The number of benzene rings is 1. The lowest BCUT2D eigenvalue weighted by Crippen LogP contribution is -2.35. The van der Waals surface area contributed by atoms with Gasteiger partial charge in [0.25, 0.3) is 5.91 Å². The van der Waals surface area contributed by atoms with Crippen LogP contribution in [0.25, 0.3) is 0 Å². The number of rotatable bonds is 3. The molecule has 3 rings (SSSR count). The van der Waals surface area contributed by atoms with Crippen LogP contribution in [0.4, 0.5) is 13.2 Å². The average molecular weight is 446 g/mol. The van der Waals surface area contributed by atoms with Gasteiger partial charge in [-0.1, -0.05) is 29.3 Å². The summed E-state index contributed by atoms with van der Waals surface area (Å²) in [6.07, 6.45) is -3.76. The predicted octanol–water partition coefficient (Wildman–Crippen LogP) is 5.06. The van der Waals surface area contributed by atoms with Crippen molar-refractivity contribution < 1.29 is 18.0 Å². The molecule has 0 N–H and O–H groups in total. The first-order valence-corrected chi connectivity index (χ1v) is 9.91. The summed E-state index contributed by atoms with van der Waals surface area (Å²) in [6.45, 7) is 4.59. The molecule has 4 nitrogen and oxygen atoms in total. The van der Waals surface area contributed by atoms with Gasteiger partial charge in [0.15, 0.2) is 0 Å². The lowest BCUT2D eigenvalue weighted by Gasteiger charge is -2.23. The first kappa shape index (κ1) is 21.9. The minimum Gasteiger partial charge on any atom is -0.337 e. The minimum atomic E-state index is -4.53. The van der Waals surface area contributed by atoms with Crippen molar-refractivity contribution >= 4 is 29.1 Å². The number of carbonyl (C=O) groups excluding carboxylic acids is 1. The summed E-state index contributed by atoms with van der Waals surface area (Å²) in [6, 6.07) is 7.57. The molecule has 0 unspecified atom stereocenters. The highest BCUT2D eigenvalue weighted by Crippen LogP contribution is 2.28. The average Bonchev–Trinajstić information content (AvgIpc) is 2.89. The van der Waals surface area contributed by atoms with Gasteiger partial charge in [-0.2, -0.15) is 13.2 Å². The summed E-state index contributed by atoms with van der Waals surface area (Å²) in [7, 11) is 0. The summed E-state index contributed by atoms with van der Waals surface area (Å²) in [5.74, 6) is -0.292. The molecule has 1 aromatic heterocycles. The monoisotopic (exact) mass is 445 g/mol. The summed E-state index contributed by atoms with van der Waals surface area (Å²) >= 11 is 12.0. The molecule has 2 aromatic rings. The fraction of sp³-hybridized carbons (Fsp3) is 0.400. The standard InChI is InChI=1S/C20H20Cl2F3N3O/c1-13-15(4-6-18(26-13)20(23,24)25)19(29)28-8-2-7-27(9-10-28)12-14-3-5-16(21)17(22)11-14/h3-6,11H,2,7-10,12H2,1H3. The number of halogens is 5. The van der Waals surface area contributed by atoms with Gasteiger partial charge in [-0.3, -0.25) is 9.69 Å². The molecule has 1 fully saturated rings. The predicted molar refractivity (Wildman–Crippen MR) is 106 cm³/mol. The molecule has 1 amide bonds. The quantitative estimate of drug-likeness (QED) is 0.661. The van der Waals surface area contributed by atoms with Crippen LogP contribution in [0.2, 0.25) is 10.0 Å². The number of hydrogen-bond acceptors (Lipinski definition) is 3. The number of pyridine rings is 1. The Morgan fingerprint density at radius 3 is 2.48 bits per heavy atom. The van der Waals surface area contributed by atoms with Crippen LogP contribution in [0.3, 0.4) is 0 Å². The largest absolute Gasteiger partial charge is 0.433 e. The fourth-order valence-electron chi connectivity index (χ4n) is 3.34. The number of nitrogens with zero attached hydrogens (tertiary/aromatic N) is 3. The van der Waals surface area contributed by atoms with Crippen LogP contribution in [-0.2, 0) is 12.7 Å². The van der Waals surface area contributed by atoms with E-state index in [9.17, 15) is 18.0 Å². The maximum atomic E-state index is 12.8. The zero-order chi connectivity index (χ0) is 21.2. The van der Waals surface area contributed by atoms with Crippen molar-refractivity contribution in [1.82, 2.24) is 14.8 Å². The van der Waals surface area contributed by atoms with Crippen molar-refractivity contribution in [2.75, 3.05) is 26.2 Å². The van der Waals surface area contributed by atoms with E-state index < -0.39 is 11.9 Å². The maximum absolute atomic E-state index is 12.8. The lowest BCUT2D eigenvalue weighted by molar-refractivity contribution is -0.141. The second-order valence-electron chi connectivity index (χ2n) is 7.00. The Morgan fingerprint density at radius 2 is 1.83 bits per heavy atom. The van der Waals surface area contributed by atoms with E-state index in [1.165, 1.54) is 13.0 Å². The lowest BCUT2D eigenvalue weighted by atomic mass is 10.1. The molecule has 0 aliphatic carbocycles. The Balaban J connectivity index is 1.66. The molecule has 1 aromatic carbocycles. The van der Waals surface area contributed by atoms with Gasteiger partial charge in [0, 0.05) is 32.7 Å². The van der Waals surface area contributed by atoms with Crippen LogP contribution in [-0.4, -0.2) is 46.9 Å². The second-order valence-corrected chi connectivity index (χ2v) is 7.81. The number of hydrogen-bond donors (Lipinski definition) is 0. The molecule has 1 saturated heterocycles. The van der Waals surface area contributed by atoms with E-state index in [-0.39, 0.29) is 17.2 Å². The number of carbonyl (C=O) groups is 1. The zero-order valence-corrected chi connectivity index (χ0v) is 17.3. The number of alkyl halides is 3. The van der Waals surface area contributed by atoms with E-state index in [2.05, 4.69) is 9.88 Å². The van der Waals surface area contributed by atoms with Crippen molar-refractivity contribution in [3.05, 3.63) is 62.9 Å². The molecule has 0 radical (unpaired) electrons. The van der Waals surface area contributed by atoms with Crippen LogP contribution in [0.15, 0.2) is 30.3 Å². The first-order valence-electron chi connectivity index (χ1n) is 9.15. The molecule has 1 aliphatic heterocycles. The van der Waals surface area contributed by atoms with Gasteiger partial charge in [-0.15, -0.1) is 0 Å². The summed E-state index contributed by atoms with van der Waals surface area (Å²) in [5.41, 5.74) is 0.329. The first-order chi connectivity index (χ1) is 13.6. The van der Waals surface area contributed by atoms with Crippen LogP contribution in [0, 0.1) is 6.92 Å². The molecule has 9 heteroatoms. The van der Waals surface area contributed by atoms with Gasteiger partial charge in [-0.05, 0) is 43.2 Å². The van der Waals surface area contributed by atoms with Crippen molar-refractivity contribution in [2.24, 2.45) is 0 Å². The maximum Gasteiger partial charge on any atom is 0.433 e. The van der Waals surface area contributed by atoms with Crippen LogP contribution >= 0.6 is 23.2 Å². The topological polar surface area (TPSA) is 36.4 Å². The van der Waals surface area contributed by atoms with E-state index in [4.69, 9.17) is 23.2 Å². The molecule has 1 aliphatic rings. The molecule has 156 valence electrons. The molecule has 0 saturated carbocycles. The van der Waals surface area contributed by atoms with E-state index >= 15 is 0 Å².